The van der Waals surface area contributed by atoms with Crippen molar-refractivity contribution in [2.45, 2.75) is 19.9 Å². The van der Waals surface area contributed by atoms with Crippen LogP contribution in [-0.4, -0.2) is 45.0 Å². The van der Waals surface area contributed by atoms with Crippen LogP contribution in [-0.2, 0) is 0 Å². The van der Waals surface area contributed by atoms with Gasteiger partial charge in [-0.25, -0.2) is 0 Å². The predicted octanol–water partition coefficient (Wildman–Crippen LogP) is 4.15. The van der Waals surface area contributed by atoms with Crippen molar-refractivity contribution in [3.63, 3.8) is 0 Å². The van der Waals surface area contributed by atoms with Gasteiger partial charge in [0.05, 0.1) is 11.4 Å². The van der Waals surface area contributed by atoms with Crippen LogP contribution < -0.4 is 0 Å². The highest BCUT2D eigenvalue weighted by Crippen LogP contribution is 2.31. The molecule has 0 aliphatic carbocycles. The quantitative estimate of drug-likeness (QED) is 0.668. The smallest absolute Gasteiger partial charge is 0.163 e. The minimum absolute atomic E-state index is 0.103. The van der Waals surface area contributed by atoms with Gasteiger partial charge in [0.1, 0.15) is 12.4 Å². The van der Waals surface area contributed by atoms with Gasteiger partial charge in [0.25, 0.3) is 0 Å². The molecule has 0 N–H and O–H groups in total. The number of nitrogens with zero attached hydrogens (tertiary/aromatic N) is 5. The van der Waals surface area contributed by atoms with Crippen molar-refractivity contribution in [2.75, 3.05) is 19.6 Å². The summed E-state index contributed by atoms with van der Waals surface area (Å²) >= 11 is 6.35. The lowest BCUT2D eigenvalue weighted by molar-refractivity contribution is 0.281. The van der Waals surface area contributed by atoms with Crippen LogP contribution >= 0.6 is 11.6 Å². The van der Waals surface area contributed by atoms with E-state index in [2.05, 4.69) is 41.1 Å². The first-order valence-corrected chi connectivity index (χ1v) is 9.64. The second-order valence-corrected chi connectivity index (χ2v) is 7.00. The highest BCUT2D eigenvalue weighted by atomic mass is 35.5. The Kier molecular flexibility index (Phi) is 5.05. The molecule has 6 heteroatoms. The van der Waals surface area contributed by atoms with Gasteiger partial charge in [0.15, 0.2) is 5.82 Å². The van der Waals surface area contributed by atoms with E-state index in [4.69, 9.17) is 16.6 Å². The van der Waals surface area contributed by atoms with E-state index in [1.807, 2.05) is 41.0 Å². The molecular weight excluding hydrogens is 358 g/mol. The summed E-state index contributed by atoms with van der Waals surface area (Å²) in [7, 11) is 0. The Morgan fingerprint density at radius 2 is 1.85 bits per heavy atom. The minimum Gasteiger partial charge on any atom is -0.301 e. The summed E-state index contributed by atoms with van der Waals surface area (Å²) in [5.74, 6) is 0.858. The molecule has 1 unspecified atom stereocenters. The maximum atomic E-state index is 6.35. The van der Waals surface area contributed by atoms with Gasteiger partial charge in [-0.2, -0.15) is 0 Å². The molecule has 0 saturated heterocycles. The molecule has 1 aliphatic heterocycles. The lowest BCUT2D eigenvalue weighted by Crippen LogP contribution is -2.29. The van der Waals surface area contributed by atoms with Crippen LogP contribution in [0.3, 0.4) is 0 Å². The number of hydrogen-bond acceptors (Lipinski definition) is 4. The molecule has 0 spiro atoms. The van der Waals surface area contributed by atoms with E-state index in [9.17, 15) is 0 Å². The zero-order valence-electron chi connectivity index (χ0n) is 15.5. The van der Waals surface area contributed by atoms with E-state index in [-0.39, 0.29) is 6.04 Å². The molecule has 2 heterocycles. The normalized spacial score (nSPS) is 15.9. The molecule has 1 aliphatic rings. The number of rotatable bonds is 5. The summed E-state index contributed by atoms with van der Waals surface area (Å²) in [6.07, 6.45) is 1.76. The zero-order chi connectivity index (χ0) is 18.8. The number of aromatic nitrogens is 3. The Balaban J connectivity index is 1.93. The molecule has 5 nitrogen and oxygen atoms in total. The highest BCUT2D eigenvalue weighted by molar-refractivity contribution is 6.31. The molecule has 2 aromatic carbocycles. The van der Waals surface area contributed by atoms with Gasteiger partial charge in [-0.05, 0) is 31.3 Å². The van der Waals surface area contributed by atoms with Gasteiger partial charge in [-0.1, -0.05) is 55.8 Å². The van der Waals surface area contributed by atoms with Crippen molar-refractivity contribution in [3.8, 4) is 5.69 Å². The van der Waals surface area contributed by atoms with E-state index in [1.54, 1.807) is 6.33 Å². The maximum Gasteiger partial charge on any atom is 0.163 e. The fourth-order valence-electron chi connectivity index (χ4n) is 3.52. The number of aliphatic imine (C=N–C) groups is 1. The molecule has 138 valence electrons. The SMILES string of the molecule is CCN(CC)CC1N=C(c2ccccc2)c2cc(Cl)ccc2-n2cnnc21. The second kappa shape index (κ2) is 7.62. The summed E-state index contributed by atoms with van der Waals surface area (Å²) in [6, 6.07) is 16.1. The molecule has 0 saturated carbocycles. The molecule has 3 aromatic rings. The molecule has 0 amide bonds. The average Bonchev–Trinajstić information content (AvgIpc) is 3.14. The Morgan fingerprint density at radius 3 is 2.59 bits per heavy atom. The fraction of sp³-hybridized carbons (Fsp3) is 0.286. The van der Waals surface area contributed by atoms with Crippen LogP contribution in [0.1, 0.15) is 36.8 Å². The van der Waals surface area contributed by atoms with Crippen molar-refractivity contribution < 1.29 is 0 Å². The van der Waals surface area contributed by atoms with Crippen LogP contribution in [0.4, 0.5) is 0 Å². The van der Waals surface area contributed by atoms with Crippen molar-refractivity contribution >= 4 is 17.3 Å². The number of fused-ring (bicyclic) bond motifs is 3. The fourth-order valence-corrected chi connectivity index (χ4v) is 3.69. The maximum absolute atomic E-state index is 6.35. The standard InChI is InChI=1S/C21H22ClN5/c1-3-26(4-2)13-18-21-25-23-14-27(21)19-11-10-16(22)12-17(19)20(24-18)15-8-6-5-7-9-15/h5-12,14,18H,3-4,13H2,1-2H3. The lowest BCUT2D eigenvalue weighted by Gasteiger charge is -2.22. The Bertz CT molecular complexity index is 960. The van der Waals surface area contributed by atoms with Gasteiger partial charge in [-0.3, -0.25) is 9.56 Å². The monoisotopic (exact) mass is 379 g/mol. The Morgan fingerprint density at radius 1 is 1.07 bits per heavy atom. The van der Waals surface area contributed by atoms with Crippen molar-refractivity contribution in [1.29, 1.82) is 0 Å². The molecule has 0 fully saturated rings. The first kappa shape index (κ1) is 17.9. The highest BCUT2D eigenvalue weighted by Gasteiger charge is 2.27. The van der Waals surface area contributed by atoms with E-state index >= 15 is 0 Å². The summed E-state index contributed by atoms with van der Waals surface area (Å²) in [5, 5.41) is 9.27. The molecule has 27 heavy (non-hydrogen) atoms. The van der Waals surface area contributed by atoms with Gasteiger partial charge in [-0.15, -0.1) is 10.2 Å². The second-order valence-electron chi connectivity index (χ2n) is 6.57. The minimum atomic E-state index is -0.103. The third-order valence-electron chi connectivity index (χ3n) is 5.00. The third-order valence-corrected chi connectivity index (χ3v) is 5.24. The summed E-state index contributed by atoms with van der Waals surface area (Å²) in [4.78, 5) is 7.53. The zero-order valence-corrected chi connectivity index (χ0v) is 16.3. The predicted molar refractivity (Wildman–Crippen MR) is 109 cm³/mol. The molecule has 1 atom stereocenters. The van der Waals surface area contributed by atoms with Crippen molar-refractivity contribution in [3.05, 3.63) is 76.8 Å². The van der Waals surface area contributed by atoms with E-state index in [1.165, 1.54) is 0 Å². The number of likely N-dealkylation sites (N-methyl/N-ethyl adjacent to an activating group) is 1. The summed E-state index contributed by atoms with van der Waals surface area (Å²) in [6.45, 7) is 7.07. The molecule has 0 bridgehead atoms. The molecule has 1 aromatic heterocycles. The van der Waals surface area contributed by atoms with Crippen LogP contribution in [0, 0.1) is 0 Å². The van der Waals surface area contributed by atoms with Crippen LogP contribution in [0.2, 0.25) is 5.02 Å². The lowest BCUT2D eigenvalue weighted by atomic mass is 10.0. The van der Waals surface area contributed by atoms with Gasteiger partial charge < -0.3 is 4.90 Å². The van der Waals surface area contributed by atoms with Crippen LogP contribution in [0.5, 0.6) is 0 Å². The molecule has 4 rings (SSSR count). The van der Waals surface area contributed by atoms with E-state index in [0.717, 1.165) is 48.0 Å². The Hall–Kier alpha value is -2.50. The van der Waals surface area contributed by atoms with Gasteiger partial charge in [0.2, 0.25) is 0 Å². The van der Waals surface area contributed by atoms with E-state index in [0.29, 0.717) is 5.02 Å². The van der Waals surface area contributed by atoms with Crippen molar-refractivity contribution in [2.24, 2.45) is 4.99 Å². The van der Waals surface area contributed by atoms with Gasteiger partial charge in [0, 0.05) is 22.7 Å². The first-order chi connectivity index (χ1) is 13.2. The van der Waals surface area contributed by atoms with Gasteiger partial charge >= 0.3 is 0 Å². The van der Waals surface area contributed by atoms with Crippen LogP contribution in [0.15, 0.2) is 59.9 Å². The largest absolute Gasteiger partial charge is 0.301 e. The van der Waals surface area contributed by atoms with E-state index < -0.39 is 0 Å². The van der Waals surface area contributed by atoms with Crippen LogP contribution in [0.25, 0.3) is 5.69 Å². The summed E-state index contributed by atoms with van der Waals surface area (Å²) in [5.41, 5.74) is 4.01. The molecular formula is C21H22ClN5. The average molecular weight is 380 g/mol. The summed E-state index contributed by atoms with van der Waals surface area (Å²) < 4.78 is 2.04. The number of halogens is 1. The topological polar surface area (TPSA) is 46.3 Å². The Labute approximate surface area is 164 Å². The number of hydrogen-bond donors (Lipinski definition) is 0. The number of benzene rings is 2. The first-order valence-electron chi connectivity index (χ1n) is 9.27. The van der Waals surface area contributed by atoms with Crippen molar-refractivity contribution in [1.82, 2.24) is 19.7 Å². The third kappa shape index (κ3) is 3.40. The molecule has 0 radical (unpaired) electrons.